The lowest BCUT2D eigenvalue weighted by Gasteiger charge is -2.46. The Hall–Kier alpha value is -1.65. The van der Waals surface area contributed by atoms with Gasteiger partial charge in [-0.3, -0.25) is 19.3 Å². The first-order valence-corrected chi connectivity index (χ1v) is 11.6. The highest BCUT2D eigenvalue weighted by Gasteiger charge is 2.44. The number of hydrogen-bond donors (Lipinski definition) is 0. The molecule has 5 nitrogen and oxygen atoms in total. The smallest absolute Gasteiger partial charge is 0.309 e. The highest BCUT2D eigenvalue weighted by molar-refractivity contribution is 6.12. The highest BCUT2D eigenvalue weighted by atomic mass is 16.5. The van der Waals surface area contributed by atoms with Crippen molar-refractivity contribution in [1.82, 2.24) is 4.90 Å². The second-order valence-corrected chi connectivity index (χ2v) is 12.6. The standard InChI is InChI=1S/C26H45NO4/c1-23(2,3)14-15-25(7,8)26(9,10)18-19(24(4,5)6)22(30)31-17-11-16-27-20(28)12-13-21(27)29/h12-13,19H,11,14-18H2,1-10H3. The van der Waals surface area contributed by atoms with E-state index in [0.29, 0.717) is 6.42 Å². The van der Waals surface area contributed by atoms with E-state index in [0.717, 1.165) is 19.3 Å². The molecule has 0 N–H and O–H groups in total. The molecule has 1 heterocycles. The van der Waals surface area contributed by atoms with E-state index < -0.39 is 0 Å². The van der Waals surface area contributed by atoms with Gasteiger partial charge in [-0.1, -0.05) is 69.2 Å². The van der Waals surface area contributed by atoms with Crippen molar-refractivity contribution in [2.24, 2.45) is 27.6 Å². The molecule has 0 aromatic rings. The average molecular weight is 436 g/mol. The fourth-order valence-electron chi connectivity index (χ4n) is 3.70. The van der Waals surface area contributed by atoms with Gasteiger partial charge in [0, 0.05) is 18.7 Å². The van der Waals surface area contributed by atoms with E-state index in [4.69, 9.17) is 4.74 Å². The first-order chi connectivity index (χ1) is 13.9. The van der Waals surface area contributed by atoms with E-state index in [2.05, 4.69) is 69.2 Å². The molecule has 0 fully saturated rings. The Morgan fingerprint density at radius 3 is 1.84 bits per heavy atom. The monoisotopic (exact) mass is 435 g/mol. The summed E-state index contributed by atoms with van der Waals surface area (Å²) in [6.07, 6.45) is 5.97. The molecule has 178 valence electrons. The zero-order chi connectivity index (χ0) is 24.3. The van der Waals surface area contributed by atoms with Crippen LogP contribution in [0.3, 0.4) is 0 Å². The second kappa shape index (κ2) is 9.87. The summed E-state index contributed by atoms with van der Waals surface area (Å²) in [7, 11) is 0. The maximum absolute atomic E-state index is 13.1. The van der Waals surface area contributed by atoms with Crippen molar-refractivity contribution in [2.45, 2.75) is 94.9 Å². The maximum Gasteiger partial charge on any atom is 0.309 e. The summed E-state index contributed by atoms with van der Waals surface area (Å²) in [4.78, 5) is 37.5. The van der Waals surface area contributed by atoms with Crippen LogP contribution in [0.4, 0.5) is 0 Å². The molecule has 2 amide bonds. The van der Waals surface area contributed by atoms with Crippen LogP contribution in [0.5, 0.6) is 0 Å². The quantitative estimate of drug-likeness (QED) is 0.248. The van der Waals surface area contributed by atoms with Gasteiger partial charge >= 0.3 is 5.97 Å². The van der Waals surface area contributed by atoms with Crippen LogP contribution < -0.4 is 0 Å². The number of imide groups is 1. The van der Waals surface area contributed by atoms with E-state index in [1.54, 1.807) is 0 Å². The van der Waals surface area contributed by atoms with Crippen molar-refractivity contribution in [3.05, 3.63) is 12.2 Å². The Kier molecular flexibility index (Phi) is 8.72. The fraction of sp³-hybridized carbons (Fsp3) is 0.808. The lowest BCUT2D eigenvalue weighted by Crippen LogP contribution is -2.41. The molecule has 0 bridgehead atoms. The van der Waals surface area contributed by atoms with Crippen molar-refractivity contribution in [3.8, 4) is 0 Å². The van der Waals surface area contributed by atoms with Crippen LogP contribution >= 0.6 is 0 Å². The predicted octanol–water partition coefficient (Wildman–Crippen LogP) is 5.78. The largest absolute Gasteiger partial charge is 0.465 e. The summed E-state index contributed by atoms with van der Waals surface area (Å²) in [5.74, 6) is -1.02. The van der Waals surface area contributed by atoms with Gasteiger partial charge < -0.3 is 4.74 Å². The lowest BCUT2D eigenvalue weighted by atomic mass is 9.59. The minimum absolute atomic E-state index is 0.0464. The van der Waals surface area contributed by atoms with Crippen molar-refractivity contribution < 1.29 is 19.1 Å². The Bertz CT molecular complexity index is 671. The summed E-state index contributed by atoms with van der Waals surface area (Å²) in [6, 6.07) is 0. The van der Waals surface area contributed by atoms with E-state index >= 15 is 0 Å². The molecule has 1 rings (SSSR count). The summed E-state index contributed by atoms with van der Waals surface area (Å²) in [5, 5.41) is 0. The predicted molar refractivity (Wildman–Crippen MR) is 125 cm³/mol. The minimum atomic E-state index is -0.303. The Morgan fingerprint density at radius 1 is 0.871 bits per heavy atom. The molecule has 5 heteroatoms. The zero-order valence-corrected chi connectivity index (χ0v) is 21.6. The van der Waals surface area contributed by atoms with Gasteiger partial charge in [0.25, 0.3) is 11.8 Å². The van der Waals surface area contributed by atoms with Crippen LogP contribution in [0.2, 0.25) is 0 Å². The molecule has 1 aliphatic heterocycles. The number of hydrogen-bond acceptors (Lipinski definition) is 4. The molecule has 1 unspecified atom stereocenters. The lowest BCUT2D eigenvalue weighted by molar-refractivity contribution is -0.155. The zero-order valence-electron chi connectivity index (χ0n) is 21.6. The van der Waals surface area contributed by atoms with Crippen molar-refractivity contribution in [1.29, 1.82) is 0 Å². The molecule has 0 aliphatic carbocycles. The highest BCUT2D eigenvalue weighted by Crippen LogP contribution is 2.50. The van der Waals surface area contributed by atoms with Crippen molar-refractivity contribution >= 4 is 17.8 Å². The third kappa shape index (κ3) is 8.08. The number of esters is 1. The SMILES string of the molecule is CC(C)(C)CCC(C)(C)C(C)(C)CC(C(=O)OCCCN1C(=O)C=CC1=O)C(C)(C)C. The van der Waals surface area contributed by atoms with Crippen LogP contribution in [0.25, 0.3) is 0 Å². The van der Waals surface area contributed by atoms with E-state index in [9.17, 15) is 14.4 Å². The number of amides is 2. The van der Waals surface area contributed by atoms with E-state index in [-0.39, 0.29) is 58.5 Å². The van der Waals surface area contributed by atoms with Gasteiger partial charge in [-0.25, -0.2) is 0 Å². The van der Waals surface area contributed by atoms with E-state index in [1.165, 1.54) is 17.1 Å². The molecule has 0 radical (unpaired) electrons. The van der Waals surface area contributed by atoms with Crippen molar-refractivity contribution in [2.75, 3.05) is 13.2 Å². The third-order valence-electron chi connectivity index (χ3n) is 7.05. The molecular weight excluding hydrogens is 390 g/mol. The fourth-order valence-corrected chi connectivity index (χ4v) is 3.70. The summed E-state index contributed by atoms with van der Waals surface area (Å²) in [6.45, 7) is 22.7. The van der Waals surface area contributed by atoms with Gasteiger partial charge in [0.15, 0.2) is 0 Å². The Labute approximate surface area is 190 Å². The molecule has 1 atom stereocenters. The molecule has 0 spiro atoms. The average Bonchev–Trinajstić information content (AvgIpc) is 2.91. The summed E-state index contributed by atoms with van der Waals surface area (Å²) in [5.41, 5.74) is 0.0887. The number of carbonyl (C=O) groups excluding carboxylic acids is 3. The third-order valence-corrected chi connectivity index (χ3v) is 7.05. The van der Waals surface area contributed by atoms with Gasteiger partial charge in [0.05, 0.1) is 12.5 Å². The van der Waals surface area contributed by atoms with Gasteiger partial charge in [-0.15, -0.1) is 0 Å². The minimum Gasteiger partial charge on any atom is -0.465 e. The topological polar surface area (TPSA) is 63.7 Å². The van der Waals surface area contributed by atoms with Crippen LogP contribution in [0, 0.1) is 27.6 Å². The van der Waals surface area contributed by atoms with Gasteiger partial charge in [-0.2, -0.15) is 0 Å². The first-order valence-electron chi connectivity index (χ1n) is 11.6. The molecule has 1 aliphatic rings. The molecule has 0 aromatic carbocycles. The number of carbonyl (C=O) groups is 3. The Morgan fingerprint density at radius 2 is 1.39 bits per heavy atom. The number of nitrogens with zero attached hydrogens (tertiary/aromatic N) is 1. The Balaban J connectivity index is 2.73. The van der Waals surface area contributed by atoms with Gasteiger partial charge in [-0.05, 0) is 47.3 Å². The molecule has 0 aromatic heterocycles. The van der Waals surface area contributed by atoms with Crippen molar-refractivity contribution in [3.63, 3.8) is 0 Å². The maximum atomic E-state index is 13.1. The van der Waals surface area contributed by atoms with Gasteiger partial charge in [0.1, 0.15) is 0 Å². The van der Waals surface area contributed by atoms with Gasteiger partial charge in [0.2, 0.25) is 0 Å². The van der Waals surface area contributed by atoms with Crippen LogP contribution in [0.15, 0.2) is 12.2 Å². The number of rotatable bonds is 10. The normalized spacial score (nSPS) is 16.8. The molecular formula is C26H45NO4. The summed E-state index contributed by atoms with van der Waals surface area (Å²) < 4.78 is 5.63. The van der Waals surface area contributed by atoms with Crippen LogP contribution in [0.1, 0.15) is 94.9 Å². The van der Waals surface area contributed by atoms with Crippen LogP contribution in [-0.2, 0) is 19.1 Å². The van der Waals surface area contributed by atoms with Crippen LogP contribution in [-0.4, -0.2) is 35.8 Å². The second-order valence-electron chi connectivity index (χ2n) is 12.6. The molecule has 0 saturated heterocycles. The summed E-state index contributed by atoms with van der Waals surface area (Å²) >= 11 is 0. The number of ether oxygens (including phenoxy) is 1. The molecule has 31 heavy (non-hydrogen) atoms. The molecule has 0 saturated carbocycles. The first kappa shape index (κ1) is 27.4. The van der Waals surface area contributed by atoms with E-state index in [1.807, 2.05) is 0 Å².